The number of hydrogen-bond acceptors (Lipinski definition) is 5. The van der Waals surface area contributed by atoms with Gasteiger partial charge in [0, 0.05) is 22.8 Å². The first-order chi connectivity index (χ1) is 18.1. The van der Waals surface area contributed by atoms with Crippen molar-refractivity contribution in [1.29, 1.82) is 0 Å². The number of aryl methyl sites for hydroxylation is 1. The van der Waals surface area contributed by atoms with Crippen molar-refractivity contribution in [2.45, 2.75) is 37.4 Å². The van der Waals surface area contributed by atoms with Crippen LogP contribution in [-0.4, -0.2) is 37.6 Å². The van der Waals surface area contributed by atoms with Crippen molar-refractivity contribution in [3.8, 4) is 16.9 Å². The van der Waals surface area contributed by atoms with E-state index >= 15 is 0 Å². The minimum absolute atomic E-state index is 0.137. The van der Waals surface area contributed by atoms with Crippen LogP contribution in [-0.2, 0) is 16.0 Å². The monoisotopic (exact) mass is 545 g/mol. The van der Waals surface area contributed by atoms with E-state index in [1.807, 2.05) is 36.4 Å². The van der Waals surface area contributed by atoms with Gasteiger partial charge >= 0.3 is 12.3 Å². The summed E-state index contributed by atoms with van der Waals surface area (Å²) >= 11 is 1.76. The summed E-state index contributed by atoms with van der Waals surface area (Å²) in [6.45, 7) is 2.44. The molecule has 1 N–H and O–H groups in total. The number of alkyl halides is 3. The first kappa shape index (κ1) is 29.1. The summed E-state index contributed by atoms with van der Waals surface area (Å²) in [4.78, 5) is 24.4. The average molecular weight is 546 g/mol. The van der Waals surface area contributed by atoms with Gasteiger partial charge in [0.25, 0.3) is 5.91 Å². The Balaban J connectivity index is 1.41. The molecule has 3 aromatic carbocycles. The number of thioether (sulfide) groups is 1. The lowest BCUT2D eigenvalue weighted by Crippen LogP contribution is -2.26. The molecule has 1 amide bonds. The molecule has 0 aliphatic heterocycles. The van der Waals surface area contributed by atoms with Gasteiger partial charge in [-0.1, -0.05) is 43.3 Å². The van der Waals surface area contributed by atoms with Gasteiger partial charge in [0.1, 0.15) is 5.75 Å². The van der Waals surface area contributed by atoms with E-state index in [0.29, 0.717) is 11.5 Å². The number of amides is 1. The highest BCUT2D eigenvalue weighted by atomic mass is 32.2. The van der Waals surface area contributed by atoms with Crippen LogP contribution in [0.1, 0.15) is 35.7 Å². The van der Waals surface area contributed by atoms with Crippen molar-refractivity contribution in [2.75, 3.05) is 19.4 Å². The summed E-state index contributed by atoms with van der Waals surface area (Å²) in [7, 11) is 1.31. The quantitative estimate of drug-likeness (QED) is 0.198. The first-order valence-corrected chi connectivity index (χ1v) is 13.1. The van der Waals surface area contributed by atoms with Gasteiger partial charge in [-0.25, -0.2) is 0 Å². The van der Waals surface area contributed by atoms with Crippen molar-refractivity contribution >= 4 is 23.6 Å². The van der Waals surface area contributed by atoms with E-state index in [2.05, 4.69) is 21.7 Å². The molecule has 0 saturated heterocycles. The predicted molar refractivity (Wildman–Crippen MR) is 142 cm³/mol. The van der Waals surface area contributed by atoms with E-state index in [1.165, 1.54) is 19.2 Å². The van der Waals surface area contributed by atoms with Crippen LogP contribution in [0.25, 0.3) is 11.1 Å². The number of carbonyl (C=O) groups excluding carboxylic acids is 2. The molecule has 9 heteroatoms. The van der Waals surface area contributed by atoms with Crippen LogP contribution in [0.15, 0.2) is 77.7 Å². The summed E-state index contributed by atoms with van der Waals surface area (Å²) in [5.41, 5.74) is 3.44. The van der Waals surface area contributed by atoms with Crippen molar-refractivity contribution in [3.63, 3.8) is 0 Å². The maximum atomic E-state index is 12.3. The van der Waals surface area contributed by atoms with Gasteiger partial charge in [-0.3, -0.25) is 9.59 Å². The molecule has 0 radical (unpaired) electrons. The minimum Gasteiger partial charge on any atom is -0.469 e. The molecule has 1 unspecified atom stereocenters. The normalized spacial score (nSPS) is 12.0. The molecule has 0 bridgehead atoms. The number of benzene rings is 3. The van der Waals surface area contributed by atoms with Crippen molar-refractivity contribution in [2.24, 2.45) is 5.92 Å². The zero-order valence-corrected chi connectivity index (χ0v) is 22.0. The molecule has 0 aliphatic carbocycles. The molecule has 3 aromatic rings. The highest BCUT2D eigenvalue weighted by molar-refractivity contribution is 7.99. The molecular weight excluding hydrogens is 515 g/mol. The number of nitrogens with one attached hydrogen (secondary N) is 1. The molecule has 202 valence electrons. The summed E-state index contributed by atoms with van der Waals surface area (Å²) in [5.74, 6) is 0.600. The first-order valence-electron chi connectivity index (χ1n) is 12.2. The van der Waals surface area contributed by atoms with Crippen molar-refractivity contribution in [1.82, 2.24) is 5.32 Å². The molecule has 38 heavy (non-hydrogen) atoms. The molecule has 1 atom stereocenters. The molecule has 0 aliphatic rings. The van der Waals surface area contributed by atoms with E-state index in [9.17, 15) is 22.8 Å². The molecule has 0 heterocycles. The smallest absolute Gasteiger partial charge is 0.469 e. The third-order valence-electron chi connectivity index (χ3n) is 5.79. The summed E-state index contributed by atoms with van der Waals surface area (Å²) in [6.07, 6.45) is -2.66. The number of esters is 1. The van der Waals surface area contributed by atoms with Gasteiger partial charge in [0.2, 0.25) is 0 Å². The van der Waals surface area contributed by atoms with Crippen LogP contribution >= 0.6 is 11.8 Å². The average Bonchev–Trinajstić information content (AvgIpc) is 2.90. The molecule has 0 spiro atoms. The number of rotatable bonds is 12. The maximum Gasteiger partial charge on any atom is 0.573 e. The topological polar surface area (TPSA) is 64.6 Å². The van der Waals surface area contributed by atoms with Crippen molar-refractivity contribution < 1.29 is 32.2 Å². The van der Waals surface area contributed by atoms with Crippen LogP contribution in [0.5, 0.6) is 5.75 Å². The van der Waals surface area contributed by atoms with Gasteiger partial charge in [0.05, 0.1) is 13.5 Å². The number of ether oxygens (including phenoxy) is 2. The van der Waals surface area contributed by atoms with Crippen LogP contribution in [0, 0.1) is 5.92 Å². The van der Waals surface area contributed by atoms with Crippen molar-refractivity contribution in [3.05, 3.63) is 83.9 Å². The van der Waals surface area contributed by atoms with Crippen LogP contribution < -0.4 is 10.1 Å². The molecular formula is C29H30F3NO4S. The van der Waals surface area contributed by atoms with Gasteiger partial charge < -0.3 is 14.8 Å². The van der Waals surface area contributed by atoms with E-state index in [1.54, 1.807) is 36.0 Å². The highest BCUT2D eigenvalue weighted by Gasteiger charge is 2.30. The number of methoxy groups -OCH3 is 1. The Morgan fingerprint density at radius 2 is 1.53 bits per heavy atom. The molecule has 0 fully saturated rings. The van der Waals surface area contributed by atoms with Crippen LogP contribution in [0.4, 0.5) is 13.2 Å². The van der Waals surface area contributed by atoms with E-state index in [-0.39, 0.29) is 30.6 Å². The highest BCUT2D eigenvalue weighted by Crippen LogP contribution is 2.29. The molecule has 3 rings (SSSR count). The van der Waals surface area contributed by atoms with Gasteiger partial charge in [0.15, 0.2) is 0 Å². The lowest BCUT2D eigenvalue weighted by atomic mass is 10.0. The van der Waals surface area contributed by atoms with E-state index in [0.717, 1.165) is 40.2 Å². The van der Waals surface area contributed by atoms with Crippen LogP contribution in [0.3, 0.4) is 0 Å². The Labute approximate surface area is 224 Å². The Morgan fingerprint density at radius 1 is 0.921 bits per heavy atom. The summed E-state index contributed by atoms with van der Waals surface area (Å²) in [5, 5.41) is 2.70. The SMILES string of the molecule is COC(=O)CCNC(=O)c1ccc(CCC(C)CSc2ccc(-c3ccc(OC(F)(F)F)cc3)cc2)cc1. The minimum atomic E-state index is -4.70. The standard InChI is InChI=1S/C29H30F3NO4S/c1-20(3-4-21-5-7-24(8-6-21)28(35)33-18-17-27(34)36-2)19-38-26-15-11-23(12-16-26)22-9-13-25(14-10-22)37-29(30,31)32/h5-16,20H,3-4,17-19H2,1-2H3,(H,33,35). The second-order valence-electron chi connectivity index (χ2n) is 8.83. The molecule has 0 saturated carbocycles. The van der Waals surface area contributed by atoms with Gasteiger partial charge in [-0.2, -0.15) is 0 Å². The molecule has 0 aromatic heterocycles. The van der Waals surface area contributed by atoms with E-state index in [4.69, 9.17) is 0 Å². The van der Waals surface area contributed by atoms with Crippen LogP contribution in [0.2, 0.25) is 0 Å². The zero-order valence-electron chi connectivity index (χ0n) is 21.2. The van der Waals surface area contributed by atoms with Gasteiger partial charge in [-0.05, 0) is 71.8 Å². The number of hydrogen-bond donors (Lipinski definition) is 1. The maximum absolute atomic E-state index is 12.3. The Hall–Kier alpha value is -3.46. The second kappa shape index (κ2) is 13.9. The third kappa shape index (κ3) is 9.78. The fourth-order valence-corrected chi connectivity index (χ4v) is 4.60. The fraction of sp³-hybridized carbons (Fsp3) is 0.310. The Bertz CT molecular complexity index is 1180. The van der Waals surface area contributed by atoms with E-state index < -0.39 is 6.36 Å². The van der Waals surface area contributed by atoms with Gasteiger partial charge in [-0.15, -0.1) is 24.9 Å². The summed E-state index contributed by atoms with van der Waals surface area (Å²) < 4.78 is 45.5. The zero-order chi connectivity index (χ0) is 27.5. The summed E-state index contributed by atoms with van der Waals surface area (Å²) in [6, 6.07) is 21.3. The Kier molecular flexibility index (Phi) is 10.6. The largest absolute Gasteiger partial charge is 0.573 e. The third-order valence-corrected chi connectivity index (χ3v) is 7.14. The molecule has 5 nitrogen and oxygen atoms in total. The number of carbonyl (C=O) groups is 2. The fourth-order valence-electron chi connectivity index (χ4n) is 3.63. The lowest BCUT2D eigenvalue weighted by Gasteiger charge is -2.12. The lowest BCUT2D eigenvalue weighted by molar-refractivity contribution is -0.274. The Morgan fingerprint density at radius 3 is 2.11 bits per heavy atom. The number of halogens is 3. The predicted octanol–water partition coefficient (Wildman–Crippen LogP) is 6.91. The second-order valence-corrected chi connectivity index (χ2v) is 9.92.